The molecule has 2 aromatic carbocycles. The third kappa shape index (κ3) is 6.94. The van der Waals surface area contributed by atoms with E-state index in [1.165, 1.54) is 17.8 Å². The number of aliphatic imine (C=N–C) groups is 1. The first-order chi connectivity index (χ1) is 20.7. The van der Waals surface area contributed by atoms with Gasteiger partial charge < -0.3 is 15.6 Å². The zero-order valence-electron chi connectivity index (χ0n) is 24.5. The first-order valence-electron chi connectivity index (χ1n) is 14.7. The van der Waals surface area contributed by atoms with Crippen molar-refractivity contribution in [3.63, 3.8) is 0 Å². The first kappa shape index (κ1) is 30.0. The molecule has 11 nitrogen and oxygen atoms in total. The molecule has 0 unspecified atom stereocenters. The molecule has 0 saturated heterocycles. The van der Waals surface area contributed by atoms with E-state index in [0.717, 1.165) is 41.4 Å². The summed E-state index contributed by atoms with van der Waals surface area (Å²) >= 11 is 0. The fraction of sp³-hybridized carbons (Fsp3) is 0.406. The van der Waals surface area contributed by atoms with Crippen molar-refractivity contribution in [1.29, 1.82) is 0 Å². The van der Waals surface area contributed by atoms with Gasteiger partial charge in [-0.15, -0.1) is 5.11 Å². The van der Waals surface area contributed by atoms with Crippen LogP contribution in [0, 0.1) is 17.8 Å². The van der Waals surface area contributed by atoms with Crippen LogP contribution in [0.3, 0.4) is 0 Å². The van der Waals surface area contributed by atoms with Gasteiger partial charge in [0.05, 0.1) is 5.56 Å². The molecule has 224 valence electrons. The minimum Gasteiger partial charge on any atom is -0.330 e. The Morgan fingerprint density at radius 2 is 1.65 bits per heavy atom. The number of carbonyl (C=O) groups is 2. The maximum Gasteiger partial charge on any atom is 0.330 e. The van der Waals surface area contributed by atoms with Crippen LogP contribution in [0.4, 0.5) is 5.69 Å². The van der Waals surface area contributed by atoms with Crippen LogP contribution in [0.1, 0.15) is 43.2 Å². The van der Waals surface area contributed by atoms with Gasteiger partial charge in [-0.25, -0.2) is 9.79 Å². The Labute approximate surface area is 249 Å². The number of nitrogens with two attached hydrogens (primary N) is 1. The quantitative estimate of drug-likeness (QED) is 0.374. The highest BCUT2D eigenvalue weighted by Crippen LogP contribution is 2.31. The van der Waals surface area contributed by atoms with Gasteiger partial charge in [-0.1, -0.05) is 24.3 Å². The maximum absolute atomic E-state index is 13.6. The van der Waals surface area contributed by atoms with Crippen molar-refractivity contribution in [2.75, 3.05) is 18.5 Å². The third-order valence-electron chi connectivity index (χ3n) is 8.51. The summed E-state index contributed by atoms with van der Waals surface area (Å²) in [6.07, 6.45) is 5.52. The lowest BCUT2D eigenvalue weighted by atomic mass is 9.77. The van der Waals surface area contributed by atoms with Gasteiger partial charge in [0, 0.05) is 49.8 Å². The number of anilines is 1. The molecule has 1 amide bonds. The summed E-state index contributed by atoms with van der Waals surface area (Å²) in [5.74, 6) is 0.271. The predicted octanol–water partition coefficient (Wildman–Crippen LogP) is 3.44. The summed E-state index contributed by atoms with van der Waals surface area (Å²) in [4.78, 5) is 56.0. The Morgan fingerprint density at radius 1 is 0.977 bits per heavy atom. The van der Waals surface area contributed by atoms with Gasteiger partial charge in [-0.2, -0.15) is 5.11 Å². The van der Waals surface area contributed by atoms with Crippen molar-refractivity contribution in [3.05, 3.63) is 86.7 Å². The lowest BCUT2D eigenvalue weighted by molar-refractivity contribution is -0.129. The van der Waals surface area contributed by atoms with Crippen molar-refractivity contribution in [3.8, 4) is 11.1 Å². The number of nitrogens with zero attached hydrogens (tertiary/aromatic N) is 5. The Balaban J connectivity index is 1.33. The second-order valence-corrected chi connectivity index (χ2v) is 11.5. The number of Topliss-reactive ketones (excluding diaryl/α,β-unsaturated/α-hetero) is 1. The number of aryl methyl sites for hydroxylation is 1. The summed E-state index contributed by atoms with van der Waals surface area (Å²) in [7, 11) is 3.05. The first-order valence-corrected chi connectivity index (χ1v) is 14.7. The molecule has 3 N–H and O–H groups in total. The zero-order valence-corrected chi connectivity index (χ0v) is 24.5. The normalized spacial score (nSPS) is 18.7. The molecule has 2 aliphatic rings. The third-order valence-corrected chi connectivity index (χ3v) is 8.51. The molecule has 3 aromatic rings. The summed E-state index contributed by atoms with van der Waals surface area (Å²) in [6.45, 7) is 0.961. The number of nitrogens with one attached hydrogen (secondary N) is 1. The number of hydrogen-bond donors (Lipinski definition) is 2. The Bertz CT molecular complexity index is 1660. The van der Waals surface area contributed by atoms with E-state index < -0.39 is 11.6 Å². The fourth-order valence-electron chi connectivity index (χ4n) is 5.82. The molecule has 0 radical (unpaired) electrons. The second kappa shape index (κ2) is 13.2. The maximum atomic E-state index is 13.6. The average molecular weight is 584 g/mol. The second-order valence-electron chi connectivity index (χ2n) is 11.5. The Kier molecular flexibility index (Phi) is 9.20. The van der Waals surface area contributed by atoms with Crippen molar-refractivity contribution in [2.45, 2.75) is 38.5 Å². The summed E-state index contributed by atoms with van der Waals surface area (Å²) in [5, 5.41) is 10.9. The van der Waals surface area contributed by atoms with Crippen LogP contribution in [-0.4, -0.2) is 39.9 Å². The van der Waals surface area contributed by atoms with Crippen molar-refractivity contribution >= 4 is 23.2 Å². The molecule has 11 heteroatoms. The topological polar surface area (TPSA) is 153 Å². The molecule has 5 rings (SSSR count). The monoisotopic (exact) mass is 583 g/mol. The Morgan fingerprint density at radius 3 is 2.28 bits per heavy atom. The van der Waals surface area contributed by atoms with Crippen LogP contribution >= 0.6 is 0 Å². The zero-order chi connectivity index (χ0) is 30.5. The van der Waals surface area contributed by atoms with Gasteiger partial charge in [0.1, 0.15) is 5.78 Å². The Hall–Kier alpha value is -4.51. The van der Waals surface area contributed by atoms with Crippen LogP contribution in [0.15, 0.2) is 79.5 Å². The van der Waals surface area contributed by atoms with Crippen LogP contribution in [-0.2, 0) is 30.1 Å². The molecule has 1 aliphatic carbocycles. The van der Waals surface area contributed by atoms with Crippen LogP contribution in [0.2, 0.25) is 0 Å². The lowest BCUT2D eigenvalue weighted by Gasteiger charge is -2.27. The van der Waals surface area contributed by atoms with E-state index in [0.29, 0.717) is 48.2 Å². The number of azo groups is 1. The molecular weight excluding hydrogens is 546 g/mol. The minimum absolute atomic E-state index is 0.0537. The number of ketones is 1. The number of amidine groups is 1. The van der Waals surface area contributed by atoms with Gasteiger partial charge in [0.15, 0.2) is 12.5 Å². The van der Waals surface area contributed by atoms with Gasteiger partial charge >= 0.3 is 5.69 Å². The van der Waals surface area contributed by atoms with E-state index >= 15 is 0 Å². The highest BCUT2D eigenvalue weighted by Gasteiger charge is 2.30. The molecule has 1 atom stereocenters. The average Bonchev–Trinajstić information content (AvgIpc) is 3.57. The van der Waals surface area contributed by atoms with E-state index in [1.54, 1.807) is 19.2 Å². The van der Waals surface area contributed by atoms with Gasteiger partial charge in [-0.3, -0.25) is 19.0 Å². The van der Waals surface area contributed by atoms with Crippen LogP contribution in [0.25, 0.3) is 11.1 Å². The molecule has 1 aliphatic heterocycles. The van der Waals surface area contributed by atoms with E-state index in [2.05, 4.69) is 20.5 Å². The number of carbonyl (C=O) groups excluding carboxylic acids is 2. The largest absolute Gasteiger partial charge is 0.330 e. The fourth-order valence-corrected chi connectivity index (χ4v) is 5.82. The smallest absolute Gasteiger partial charge is 0.330 e. The number of amides is 1. The summed E-state index contributed by atoms with van der Waals surface area (Å²) in [5.41, 5.74) is 8.43. The molecule has 1 saturated carbocycles. The van der Waals surface area contributed by atoms with Gasteiger partial charge in [0.2, 0.25) is 5.91 Å². The van der Waals surface area contributed by atoms with E-state index in [1.807, 2.05) is 36.4 Å². The number of hydrogen-bond acceptors (Lipinski definition) is 8. The SMILES string of the molecule is Cn1cc(-c2ccc(C[C@H](CC(=O)C3CCC(CN)CC3)C(=O)Nc3ccc(C4=NCN=N4)cc3)cc2)c(=O)n(C)c1=O. The molecule has 0 bridgehead atoms. The molecule has 43 heavy (non-hydrogen) atoms. The molecule has 0 spiro atoms. The molecule has 1 fully saturated rings. The lowest BCUT2D eigenvalue weighted by Crippen LogP contribution is -2.37. The van der Waals surface area contributed by atoms with Crippen molar-refractivity contribution < 1.29 is 9.59 Å². The van der Waals surface area contributed by atoms with E-state index in [4.69, 9.17) is 5.73 Å². The highest BCUT2D eigenvalue weighted by atomic mass is 16.2. The predicted molar refractivity (Wildman–Crippen MR) is 165 cm³/mol. The van der Waals surface area contributed by atoms with Crippen LogP contribution < -0.4 is 22.3 Å². The van der Waals surface area contributed by atoms with Gasteiger partial charge in [-0.05, 0) is 80.0 Å². The number of rotatable bonds is 10. The van der Waals surface area contributed by atoms with Crippen LogP contribution in [0.5, 0.6) is 0 Å². The van der Waals surface area contributed by atoms with Crippen molar-refractivity contribution in [1.82, 2.24) is 9.13 Å². The molecule has 2 heterocycles. The summed E-state index contributed by atoms with van der Waals surface area (Å²) in [6, 6.07) is 14.6. The van der Waals surface area contributed by atoms with E-state index in [-0.39, 0.29) is 29.6 Å². The standard InChI is InChI=1S/C32H37N7O4/c1-38-18-27(31(42)39(2)32(38)43)22-7-3-20(4-8-22)15-25(16-28(40)23-9-5-21(17-33)6-10-23)30(41)36-26-13-11-24(12-14-26)29-34-19-35-37-29/h3-4,7-8,11-14,18,21,23,25H,5-6,9-10,15-17,19,33H2,1-2H3,(H,36,41)/t21?,23?,25-/m1/s1. The van der Waals surface area contributed by atoms with E-state index in [9.17, 15) is 19.2 Å². The number of aromatic nitrogens is 2. The van der Waals surface area contributed by atoms with Gasteiger partial charge in [0.25, 0.3) is 5.56 Å². The molecule has 1 aromatic heterocycles. The minimum atomic E-state index is -0.580. The summed E-state index contributed by atoms with van der Waals surface area (Å²) < 4.78 is 2.45. The van der Waals surface area contributed by atoms with Crippen molar-refractivity contribution in [2.24, 2.45) is 52.8 Å². The number of benzene rings is 2. The molecular formula is C32H37N7O4. The highest BCUT2D eigenvalue weighted by molar-refractivity contribution is 6.01.